The van der Waals surface area contributed by atoms with Gasteiger partial charge in [0.05, 0.1) is 4.90 Å². The molecule has 2 aromatic rings. The molecule has 5 saturated heterocycles. The summed E-state index contributed by atoms with van der Waals surface area (Å²) in [5.41, 5.74) is 1.73. The largest absolute Gasteiger partial charge is 0.465 e. The van der Waals surface area contributed by atoms with Gasteiger partial charge in [-0.15, -0.1) is 0 Å². The van der Waals surface area contributed by atoms with Gasteiger partial charge in [-0.25, -0.2) is 17.6 Å². The van der Waals surface area contributed by atoms with E-state index >= 15 is 4.39 Å². The molecule has 13 heteroatoms. The minimum atomic E-state index is -3.53. The van der Waals surface area contributed by atoms with E-state index in [0.717, 1.165) is 122 Å². The number of amides is 2. The van der Waals surface area contributed by atoms with Crippen LogP contribution in [0.1, 0.15) is 76.2 Å². The highest BCUT2D eigenvalue weighted by Crippen LogP contribution is 2.51. The molecule has 1 aliphatic carbocycles. The van der Waals surface area contributed by atoms with Crippen molar-refractivity contribution >= 4 is 27.5 Å². The number of hydrogen-bond donors (Lipinski definition) is 2. The first-order chi connectivity index (χ1) is 28.1. The van der Waals surface area contributed by atoms with Gasteiger partial charge in [-0.3, -0.25) is 9.69 Å². The van der Waals surface area contributed by atoms with E-state index in [0.29, 0.717) is 16.9 Å². The topological polar surface area (TPSA) is 117 Å². The Morgan fingerprint density at radius 2 is 1.52 bits per heavy atom. The van der Waals surface area contributed by atoms with Crippen LogP contribution in [0, 0.1) is 17.7 Å². The molecular formula is C45H63FN6O5S. The van der Waals surface area contributed by atoms with Crippen molar-refractivity contribution < 1.29 is 27.5 Å². The average molecular weight is 819 g/mol. The fourth-order valence-electron chi connectivity index (χ4n) is 11.4. The van der Waals surface area contributed by atoms with Gasteiger partial charge in [-0.1, -0.05) is 31.1 Å². The van der Waals surface area contributed by atoms with Crippen LogP contribution in [0.4, 0.5) is 14.9 Å². The van der Waals surface area contributed by atoms with Crippen molar-refractivity contribution in [1.82, 2.24) is 24.9 Å². The minimum absolute atomic E-state index is 0.112. The Hall–Kier alpha value is -3.52. The molecule has 2 N–H and O–H groups in total. The first-order valence-corrected chi connectivity index (χ1v) is 23.6. The van der Waals surface area contributed by atoms with Crippen molar-refractivity contribution in [2.45, 2.75) is 98.3 Å². The predicted octanol–water partition coefficient (Wildman–Crippen LogP) is 5.61. The molecule has 5 aliphatic heterocycles. The number of carbonyl (C=O) groups excluding carboxylic acids is 1. The summed E-state index contributed by atoms with van der Waals surface area (Å²) in [5, 5.41) is 12.1. The van der Waals surface area contributed by atoms with Gasteiger partial charge < -0.3 is 30.0 Å². The van der Waals surface area contributed by atoms with Crippen LogP contribution in [0.2, 0.25) is 0 Å². The monoisotopic (exact) mass is 818 g/mol. The van der Waals surface area contributed by atoms with E-state index in [1.54, 1.807) is 29.2 Å². The van der Waals surface area contributed by atoms with Gasteiger partial charge in [0.25, 0.3) is 0 Å². The second-order valence-electron chi connectivity index (χ2n) is 18.0. The Bertz CT molecular complexity index is 1870. The highest BCUT2D eigenvalue weighted by atomic mass is 32.2. The van der Waals surface area contributed by atoms with Crippen LogP contribution in [0.3, 0.4) is 0 Å². The fourth-order valence-corrected chi connectivity index (χ4v) is 13.0. The number of benzene rings is 2. The van der Waals surface area contributed by atoms with Gasteiger partial charge >= 0.3 is 6.09 Å². The predicted molar refractivity (Wildman–Crippen MR) is 224 cm³/mol. The van der Waals surface area contributed by atoms with E-state index in [9.17, 15) is 23.1 Å². The first kappa shape index (κ1) is 41.2. The first-order valence-electron chi connectivity index (χ1n) is 22.1. The molecule has 1 saturated carbocycles. The molecule has 316 valence electrons. The molecule has 0 bridgehead atoms. The zero-order valence-electron chi connectivity index (χ0n) is 34.0. The Morgan fingerprint density at radius 1 is 0.810 bits per heavy atom. The molecular weight excluding hydrogens is 756 g/mol. The zero-order chi connectivity index (χ0) is 40.3. The van der Waals surface area contributed by atoms with Crippen LogP contribution in [0.25, 0.3) is 0 Å². The number of hydrogen-bond acceptors (Lipinski definition) is 8. The van der Waals surface area contributed by atoms with E-state index in [1.807, 2.05) is 24.3 Å². The third-order valence-corrected chi connectivity index (χ3v) is 16.8. The van der Waals surface area contributed by atoms with Crippen LogP contribution in [-0.2, 0) is 20.0 Å². The van der Waals surface area contributed by atoms with Crippen LogP contribution in [0.15, 0.2) is 65.6 Å². The van der Waals surface area contributed by atoms with E-state index in [-0.39, 0.29) is 42.2 Å². The summed E-state index contributed by atoms with van der Waals surface area (Å²) in [4.78, 5) is 36.4. The van der Waals surface area contributed by atoms with Gasteiger partial charge in [-0.05, 0) is 151 Å². The number of nitrogens with one attached hydrogen (secondary N) is 1. The standard InChI is InChI=1S/C45H63FN6O5S/c46-36-9-4-8-35(30-36)45(33-49-24-7-25-49,41-10-5-11-42(41)47-44(54)55)34-17-26-50(27-18-34)38-19-28-51(29-20-38)37-13-15-39(16-14-37)58(56,57)40-31-52(32-40)43(53)12-6-23-48-21-2-1-3-22-48/h4,6,8-9,12-16,30,34,38,40-42,47H,1-3,5,7,10-11,17-29,31-33H2,(H,54,55)/b12-6+/t41-,42-,45-/m0/s1. The van der Waals surface area contributed by atoms with E-state index in [1.165, 1.54) is 31.7 Å². The lowest BCUT2D eigenvalue weighted by Gasteiger charge is -2.54. The summed E-state index contributed by atoms with van der Waals surface area (Å²) in [5.74, 6) is 0.0907. The highest BCUT2D eigenvalue weighted by molar-refractivity contribution is 7.92. The number of sulfone groups is 1. The number of nitrogens with zero attached hydrogens (tertiary/aromatic N) is 5. The van der Waals surface area contributed by atoms with Crippen molar-refractivity contribution in [3.05, 3.63) is 72.1 Å². The van der Waals surface area contributed by atoms with Crippen molar-refractivity contribution in [3.63, 3.8) is 0 Å². The minimum Gasteiger partial charge on any atom is -0.465 e. The fraction of sp³-hybridized carbons (Fsp3) is 0.644. The Morgan fingerprint density at radius 3 is 2.17 bits per heavy atom. The molecule has 58 heavy (non-hydrogen) atoms. The molecule has 2 aromatic carbocycles. The summed E-state index contributed by atoms with van der Waals surface area (Å²) < 4.78 is 41.9. The second-order valence-corrected chi connectivity index (χ2v) is 20.2. The maximum atomic E-state index is 15.0. The third-order valence-electron chi connectivity index (χ3n) is 14.7. The van der Waals surface area contributed by atoms with Gasteiger partial charge in [0.15, 0.2) is 9.84 Å². The number of likely N-dealkylation sites (tertiary alicyclic amines) is 4. The summed E-state index contributed by atoms with van der Waals surface area (Å²) in [6, 6.07) is 14.9. The summed E-state index contributed by atoms with van der Waals surface area (Å²) in [7, 11) is -3.53. The lowest BCUT2D eigenvalue weighted by atomic mass is 9.57. The summed E-state index contributed by atoms with van der Waals surface area (Å²) in [6.07, 6.45) is 14.2. The van der Waals surface area contributed by atoms with Crippen LogP contribution >= 0.6 is 0 Å². The molecule has 3 atom stereocenters. The number of anilines is 1. The van der Waals surface area contributed by atoms with Crippen LogP contribution in [-0.4, -0.2) is 141 Å². The maximum absolute atomic E-state index is 15.0. The zero-order valence-corrected chi connectivity index (χ0v) is 34.8. The van der Waals surface area contributed by atoms with Crippen LogP contribution < -0.4 is 10.2 Å². The van der Waals surface area contributed by atoms with Gasteiger partial charge in [0, 0.05) is 68.5 Å². The van der Waals surface area contributed by atoms with Crippen molar-refractivity contribution in [1.29, 1.82) is 0 Å². The molecule has 6 fully saturated rings. The summed E-state index contributed by atoms with van der Waals surface area (Å²) in [6.45, 7) is 10.0. The van der Waals surface area contributed by atoms with Crippen molar-refractivity contribution in [2.24, 2.45) is 11.8 Å². The average Bonchev–Trinajstić information content (AvgIpc) is 3.65. The Labute approximate surface area is 344 Å². The number of halogens is 1. The van der Waals surface area contributed by atoms with E-state index < -0.39 is 21.2 Å². The maximum Gasteiger partial charge on any atom is 0.404 e. The molecule has 2 amide bonds. The number of piperidine rings is 3. The lowest BCUT2D eigenvalue weighted by molar-refractivity contribution is -0.129. The van der Waals surface area contributed by atoms with Crippen molar-refractivity contribution in [3.8, 4) is 0 Å². The Kier molecular flexibility index (Phi) is 12.8. The van der Waals surface area contributed by atoms with E-state index in [4.69, 9.17) is 0 Å². The Balaban J connectivity index is 0.855. The molecule has 8 rings (SSSR count). The lowest BCUT2D eigenvalue weighted by Crippen LogP contribution is -2.60. The molecule has 5 heterocycles. The van der Waals surface area contributed by atoms with Gasteiger partial charge in [0.1, 0.15) is 11.1 Å². The molecule has 0 radical (unpaired) electrons. The van der Waals surface area contributed by atoms with Gasteiger partial charge in [-0.2, -0.15) is 0 Å². The molecule has 0 spiro atoms. The van der Waals surface area contributed by atoms with Gasteiger partial charge in [0.2, 0.25) is 5.91 Å². The molecule has 0 aromatic heterocycles. The number of carbonyl (C=O) groups is 2. The number of rotatable bonds is 13. The SMILES string of the molecule is O=C(O)N[C@H]1CCC[C@@H]1[C@](CN1CCC1)(c1cccc(F)c1)C1CCN(C2CCN(c3ccc(S(=O)(=O)C4CN(C(=O)/C=C/CN5CCCCC5)C4)cc3)CC2)CC1. The normalized spacial score (nSPS) is 26.0. The quantitative estimate of drug-likeness (QED) is 0.249. The molecule has 6 aliphatic rings. The van der Waals surface area contributed by atoms with E-state index in [2.05, 4.69) is 31.0 Å². The van der Waals surface area contributed by atoms with Crippen LogP contribution in [0.5, 0.6) is 0 Å². The smallest absolute Gasteiger partial charge is 0.404 e. The summed E-state index contributed by atoms with van der Waals surface area (Å²) >= 11 is 0. The van der Waals surface area contributed by atoms with Crippen molar-refractivity contribution in [2.75, 3.05) is 83.4 Å². The second kappa shape index (κ2) is 18.0. The number of carboxylic acid groups (broad SMARTS) is 1. The molecule has 0 unspecified atom stereocenters. The third kappa shape index (κ3) is 8.83. The molecule has 11 nitrogen and oxygen atoms in total. The highest BCUT2D eigenvalue weighted by Gasteiger charge is 2.53.